The molecule has 0 atom stereocenters. The first-order chi connectivity index (χ1) is 19.4. The highest BCUT2D eigenvalue weighted by Crippen LogP contribution is 2.28. The number of amides is 1. The fraction of sp³-hybridized carbons (Fsp3) is 0.0333. The number of ether oxygens (including phenoxy) is 1. The molecule has 0 spiro atoms. The normalized spacial score (nSPS) is 11.0. The summed E-state index contributed by atoms with van der Waals surface area (Å²) in [4.78, 5) is 17.3. The minimum absolute atomic E-state index is 0.319. The molecule has 1 amide bonds. The first kappa shape index (κ1) is 27.7. The van der Waals surface area contributed by atoms with Crippen molar-refractivity contribution in [2.75, 3.05) is 5.32 Å². The Hall–Kier alpha value is -3.88. The predicted molar refractivity (Wildman–Crippen MR) is 165 cm³/mol. The summed E-state index contributed by atoms with van der Waals surface area (Å²) in [6.07, 6.45) is 1.50. The molecule has 1 heterocycles. The summed E-state index contributed by atoms with van der Waals surface area (Å²) >= 11 is 19.7. The molecule has 40 heavy (non-hydrogen) atoms. The van der Waals surface area contributed by atoms with Gasteiger partial charge in [-0.25, -0.2) is 10.4 Å². The lowest BCUT2D eigenvalue weighted by atomic mass is 10.1. The number of anilines is 2. The predicted octanol–water partition coefficient (Wildman–Crippen LogP) is 8.86. The monoisotopic (exact) mass is 606 g/mol. The molecule has 200 valence electrons. The average Bonchev–Trinajstić information content (AvgIpc) is 3.42. The molecule has 0 unspecified atom stereocenters. The summed E-state index contributed by atoms with van der Waals surface area (Å²) < 4.78 is 5.93. The van der Waals surface area contributed by atoms with Gasteiger partial charge in [-0.2, -0.15) is 5.10 Å². The summed E-state index contributed by atoms with van der Waals surface area (Å²) in [5.41, 5.74) is 7.15. The van der Waals surface area contributed by atoms with E-state index in [1.807, 2.05) is 60.0 Å². The number of benzene rings is 4. The molecule has 5 aromatic rings. The molecule has 0 saturated carbocycles. The number of halogens is 3. The van der Waals surface area contributed by atoms with Crippen LogP contribution in [0.4, 0.5) is 10.8 Å². The molecule has 10 heteroatoms. The Morgan fingerprint density at radius 3 is 2.42 bits per heavy atom. The Morgan fingerprint density at radius 2 is 1.65 bits per heavy atom. The summed E-state index contributed by atoms with van der Waals surface area (Å²) in [6.45, 7) is 0.319. The van der Waals surface area contributed by atoms with E-state index in [4.69, 9.17) is 39.5 Å². The third kappa shape index (κ3) is 7.40. The molecule has 5 rings (SSSR count). The molecule has 4 aromatic carbocycles. The molecule has 0 bridgehead atoms. The summed E-state index contributed by atoms with van der Waals surface area (Å²) in [5.74, 6) is 0.217. The Balaban J connectivity index is 1.20. The number of aromatic nitrogens is 1. The van der Waals surface area contributed by atoms with Crippen LogP contribution < -0.4 is 15.5 Å². The van der Waals surface area contributed by atoms with Gasteiger partial charge in [0.15, 0.2) is 5.13 Å². The van der Waals surface area contributed by atoms with Crippen LogP contribution in [0.1, 0.15) is 21.5 Å². The smallest absolute Gasteiger partial charge is 0.271 e. The standard InChI is InChI=1S/C30H21Cl3N4O2S/c31-23-8-11-26(12-9-23)35-30-36-27(18-40-30)20-4-6-21(7-5-20)29(38)37-34-16-22-15-25(33)10-13-28(22)39-17-19-2-1-3-24(32)14-19/h1-16,18H,17H2,(H,35,36)(H,37,38)/b34-16-. The fourth-order valence-electron chi connectivity index (χ4n) is 3.68. The van der Waals surface area contributed by atoms with Crippen molar-refractivity contribution in [2.45, 2.75) is 6.61 Å². The van der Waals surface area contributed by atoms with Gasteiger partial charge in [0.2, 0.25) is 0 Å². The highest BCUT2D eigenvalue weighted by atomic mass is 35.5. The number of hydrogen-bond acceptors (Lipinski definition) is 6. The van der Waals surface area contributed by atoms with E-state index in [2.05, 4.69) is 20.8 Å². The average molecular weight is 608 g/mol. The number of thiazole rings is 1. The van der Waals surface area contributed by atoms with Crippen molar-refractivity contribution in [1.29, 1.82) is 0 Å². The Kier molecular flexibility index (Phi) is 8.98. The van der Waals surface area contributed by atoms with Gasteiger partial charge >= 0.3 is 0 Å². The van der Waals surface area contributed by atoms with E-state index in [1.165, 1.54) is 17.6 Å². The van der Waals surface area contributed by atoms with Crippen LogP contribution in [0.25, 0.3) is 11.3 Å². The molecule has 2 N–H and O–H groups in total. The van der Waals surface area contributed by atoms with E-state index < -0.39 is 0 Å². The molecular formula is C30H21Cl3N4O2S. The van der Waals surface area contributed by atoms with Crippen molar-refractivity contribution in [3.8, 4) is 17.0 Å². The lowest BCUT2D eigenvalue weighted by molar-refractivity contribution is 0.0955. The van der Waals surface area contributed by atoms with E-state index in [1.54, 1.807) is 36.4 Å². The Morgan fingerprint density at radius 1 is 0.900 bits per heavy atom. The second-order valence-corrected chi connectivity index (χ2v) is 10.7. The molecular weight excluding hydrogens is 587 g/mol. The van der Waals surface area contributed by atoms with Gasteiger partial charge in [0, 0.05) is 42.8 Å². The number of hydrazone groups is 1. The van der Waals surface area contributed by atoms with Crippen LogP contribution in [0.3, 0.4) is 0 Å². The van der Waals surface area contributed by atoms with E-state index in [9.17, 15) is 4.79 Å². The molecule has 1 aromatic heterocycles. The number of carbonyl (C=O) groups excluding carboxylic acids is 1. The van der Waals surface area contributed by atoms with Gasteiger partial charge in [-0.1, -0.05) is 59.1 Å². The first-order valence-corrected chi connectivity index (χ1v) is 14.0. The maximum absolute atomic E-state index is 12.7. The van der Waals surface area contributed by atoms with Crippen molar-refractivity contribution in [3.63, 3.8) is 0 Å². The van der Waals surface area contributed by atoms with Crippen LogP contribution in [0.15, 0.2) is 101 Å². The Bertz CT molecular complexity index is 1650. The molecule has 6 nitrogen and oxygen atoms in total. The van der Waals surface area contributed by atoms with Crippen LogP contribution in [-0.2, 0) is 6.61 Å². The molecule has 0 fully saturated rings. The van der Waals surface area contributed by atoms with Gasteiger partial charge in [-0.05, 0) is 72.3 Å². The van der Waals surface area contributed by atoms with E-state index in [-0.39, 0.29) is 5.91 Å². The van der Waals surface area contributed by atoms with E-state index in [0.29, 0.717) is 38.6 Å². The third-order valence-electron chi connectivity index (χ3n) is 5.67. The van der Waals surface area contributed by atoms with Gasteiger partial charge < -0.3 is 10.1 Å². The van der Waals surface area contributed by atoms with Crippen LogP contribution in [-0.4, -0.2) is 17.1 Å². The van der Waals surface area contributed by atoms with Gasteiger partial charge in [-0.15, -0.1) is 11.3 Å². The SMILES string of the molecule is O=C(N/N=C\c1cc(Cl)ccc1OCc1cccc(Cl)c1)c1ccc(-c2csc(Nc3ccc(Cl)cc3)n2)cc1. The number of carbonyl (C=O) groups is 1. The van der Waals surface area contributed by atoms with Crippen LogP contribution in [0.2, 0.25) is 15.1 Å². The van der Waals surface area contributed by atoms with Crippen LogP contribution in [0, 0.1) is 0 Å². The molecule has 0 aliphatic carbocycles. The van der Waals surface area contributed by atoms with Crippen LogP contribution in [0.5, 0.6) is 5.75 Å². The largest absolute Gasteiger partial charge is 0.488 e. The Labute approximate surface area is 250 Å². The second-order valence-electron chi connectivity index (χ2n) is 8.55. The van der Waals surface area contributed by atoms with Crippen molar-refractivity contribution in [2.24, 2.45) is 5.10 Å². The second kappa shape index (κ2) is 13.0. The number of nitrogens with zero attached hydrogens (tertiary/aromatic N) is 2. The number of nitrogens with one attached hydrogen (secondary N) is 2. The zero-order chi connectivity index (χ0) is 27.9. The first-order valence-electron chi connectivity index (χ1n) is 12.0. The lowest BCUT2D eigenvalue weighted by Gasteiger charge is -2.10. The van der Waals surface area contributed by atoms with Gasteiger partial charge in [0.25, 0.3) is 5.91 Å². The maximum atomic E-state index is 12.7. The van der Waals surface area contributed by atoms with Crippen molar-refractivity contribution in [3.05, 3.63) is 128 Å². The topological polar surface area (TPSA) is 75.6 Å². The van der Waals surface area contributed by atoms with Crippen molar-refractivity contribution in [1.82, 2.24) is 10.4 Å². The van der Waals surface area contributed by atoms with Crippen molar-refractivity contribution < 1.29 is 9.53 Å². The minimum atomic E-state index is -0.352. The number of rotatable bonds is 9. The quantitative estimate of drug-likeness (QED) is 0.130. The highest BCUT2D eigenvalue weighted by molar-refractivity contribution is 7.14. The van der Waals surface area contributed by atoms with E-state index in [0.717, 1.165) is 27.6 Å². The zero-order valence-electron chi connectivity index (χ0n) is 20.8. The highest BCUT2D eigenvalue weighted by Gasteiger charge is 2.09. The van der Waals surface area contributed by atoms with Crippen molar-refractivity contribution >= 4 is 69.1 Å². The van der Waals surface area contributed by atoms with Crippen LogP contribution >= 0.6 is 46.1 Å². The third-order valence-corrected chi connectivity index (χ3v) is 7.15. The molecule has 0 saturated heterocycles. The summed E-state index contributed by atoms with van der Waals surface area (Å²) in [6, 6.07) is 27.2. The number of hydrogen-bond donors (Lipinski definition) is 2. The summed E-state index contributed by atoms with van der Waals surface area (Å²) in [5, 5.41) is 11.9. The zero-order valence-corrected chi connectivity index (χ0v) is 23.9. The minimum Gasteiger partial charge on any atom is -0.488 e. The summed E-state index contributed by atoms with van der Waals surface area (Å²) in [7, 11) is 0. The molecule has 0 radical (unpaired) electrons. The van der Waals surface area contributed by atoms with Gasteiger partial charge in [-0.3, -0.25) is 4.79 Å². The molecule has 0 aliphatic heterocycles. The van der Waals surface area contributed by atoms with Gasteiger partial charge in [0.1, 0.15) is 12.4 Å². The molecule has 0 aliphatic rings. The fourth-order valence-corrected chi connectivity index (χ4v) is 4.94. The lowest BCUT2D eigenvalue weighted by Crippen LogP contribution is -2.17. The maximum Gasteiger partial charge on any atom is 0.271 e. The van der Waals surface area contributed by atoms with Gasteiger partial charge in [0.05, 0.1) is 11.9 Å². The van der Waals surface area contributed by atoms with E-state index >= 15 is 0 Å².